The molecule has 146 valence electrons. The van der Waals surface area contributed by atoms with Crippen LogP contribution in [0.3, 0.4) is 0 Å². The van der Waals surface area contributed by atoms with Crippen LogP contribution in [0.15, 0.2) is 42.5 Å². The molecule has 0 fully saturated rings. The molecule has 3 N–H and O–H groups in total. The molecule has 0 saturated heterocycles. The second kappa shape index (κ2) is 7.84. The first-order chi connectivity index (χ1) is 13.3. The van der Waals surface area contributed by atoms with Gasteiger partial charge in [0.2, 0.25) is 0 Å². The summed E-state index contributed by atoms with van der Waals surface area (Å²) in [6.45, 7) is 4.07. The van der Waals surface area contributed by atoms with E-state index in [2.05, 4.69) is 0 Å². The van der Waals surface area contributed by atoms with E-state index in [9.17, 15) is 18.7 Å². The first-order valence-electron chi connectivity index (χ1n) is 9.08. The summed E-state index contributed by atoms with van der Waals surface area (Å²) in [6, 6.07) is 10.4. The standard InChI is InChI=1S/C22H22F2N2O2/c1-3-5-19-21(15-6-4-7-16(27)11-15)20(22(25)28)13(2)26(19)12-14-8-9-17(23)18(24)10-14/h4,6-11,27H,3,5,12H2,1-2H3,(H2,25,28). The number of phenols is 1. The normalized spacial score (nSPS) is 11.0. The number of primary amides is 1. The van der Waals surface area contributed by atoms with Gasteiger partial charge in [-0.15, -0.1) is 0 Å². The second-order valence-corrected chi connectivity index (χ2v) is 6.78. The predicted octanol–water partition coefficient (Wildman–Crippen LogP) is 4.55. The highest BCUT2D eigenvalue weighted by atomic mass is 19.2. The van der Waals surface area contributed by atoms with Crippen LogP contribution in [-0.2, 0) is 13.0 Å². The predicted molar refractivity (Wildman–Crippen MR) is 104 cm³/mol. The summed E-state index contributed by atoms with van der Waals surface area (Å²) >= 11 is 0. The first kappa shape index (κ1) is 19.6. The Morgan fingerprint density at radius 3 is 2.50 bits per heavy atom. The number of aromatic nitrogens is 1. The van der Waals surface area contributed by atoms with Crippen LogP contribution in [0, 0.1) is 18.6 Å². The number of benzene rings is 2. The van der Waals surface area contributed by atoms with Crippen molar-refractivity contribution in [1.29, 1.82) is 0 Å². The van der Waals surface area contributed by atoms with E-state index in [1.807, 2.05) is 17.6 Å². The molecule has 1 aromatic heterocycles. The third kappa shape index (κ3) is 3.63. The van der Waals surface area contributed by atoms with Gasteiger partial charge in [0.1, 0.15) is 5.75 Å². The van der Waals surface area contributed by atoms with Crippen molar-refractivity contribution >= 4 is 5.91 Å². The zero-order chi connectivity index (χ0) is 20.4. The van der Waals surface area contributed by atoms with Crippen molar-refractivity contribution in [2.75, 3.05) is 0 Å². The van der Waals surface area contributed by atoms with Crippen molar-refractivity contribution in [2.45, 2.75) is 33.2 Å². The number of hydrogen-bond donors (Lipinski definition) is 2. The number of nitrogens with zero attached hydrogens (tertiary/aromatic N) is 1. The fourth-order valence-corrected chi connectivity index (χ4v) is 3.60. The second-order valence-electron chi connectivity index (χ2n) is 6.78. The summed E-state index contributed by atoms with van der Waals surface area (Å²) in [6.07, 6.45) is 1.47. The lowest BCUT2D eigenvalue weighted by molar-refractivity contribution is 0.1000. The van der Waals surface area contributed by atoms with E-state index < -0.39 is 17.5 Å². The first-order valence-corrected chi connectivity index (χ1v) is 9.08. The van der Waals surface area contributed by atoms with Gasteiger partial charge in [-0.25, -0.2) is 8.78 Å². The minimum absolute atomic E-state index is 0.0846. The summed E-state index contributed by atoms with van der Waals surface area (Å²) in [4.78, 5) is 12.3. The van der Waals surface area contributed by atoms with Crippen molar-refractivity contribution in [2.24, 2.45) is 5.73 Å². The quantitative estimate of drug-likeness (QED) is 0.655. The van der Waals surface area contributed by atoms with Gasteiger partial charge in [-0.1, -0.05) is 31.5 Å². The number of carbonyl (C=O) groups is 1. The minimum atomic E-state index is -0.914. The molecular formula is C22H22F2N2O2. The molecule has 0 unspecified atom stereocenters. The van der Waals surface area contributed by atoms with Crippen LogP contribution in [-0.4, -0.2) is 15.6 Å². The summed E-state index contributed by atoms with van der Waals surface area (Å²) in [7, 11) is 0. The third-order valence-corrected chi connectivity index (χ3v) is 4.82. The number of nitrogens with two attached hydrogens (primary N) is 1. The molecule has 0 spiro atoms. The van der Waals surface area contributed by atoms with Crippen molar-refractivity contribution in [3.05, 3.63) is 76.6 Å². The van der Waals surface area contributed by atoms with E-state index in [0.717, 1.165) is 24.2 Å². The van der Waals surface area contributed by atoms with E-state index in [1.165, 1.54) is 6.07 Å². The Balaban J connectivity index is 2.23. The lowest BCUT2D eigenvalue weighted by atomic mass is 9.98. The number of hydrogen-bond acceptors (Lipinski definition) is 2. The van der Waals surface area contributed by atoms with Gasteiger partial charge in [-0.05, 0) is 48.7 Å². The summed E-state index contributed by atoms with van der Waals surface area (Å²) in [5.41, 5.74) is 9.50. The highest BCUT2D eigenvalue weighted by Crippen LogP contribution is 2.35. The van der Waals surface area contributed by atoms with Crippen molar-refractivity contribution in [3.8, 4) is 16.9 Å². The monoisotopic (exact) mass is 384 g/mol. The Morgan fingerprint density at radius 1 is 1.14 bits per heavy atom. The molecule has 4 nitrogen and oxygen atoms in total. The minimum Gasteiger partial charge on any atom is -0.508 e. The molecule has 1 amide bonds. The van der Waals surface area contributed by atoms with E-state index in [4.69, 9.17) is 5.73 Å². The topological polar surface area (TPSA) is 68.2 Å². The van der Waals surface area contributed by atoms with Gasteiger partial charge in [0, 0.05) is 23.5 Å². The third-order valence-electron chi connectivity index (χ3n) is 4.82. The molecule has 3 rings (SSSR count). The fourth-order valence-electron chi connectivity index (χ4n) is 3.60. The molecule has 28 heavy (non-hydrogen) atoms. The number of phenolic OH excluding ortho intramolecular Hbond substituents is 1. The van der Waals surface area contributed by atoms with Crippen molar-refractivity contribution in [3.63, 3.8) is 0 Å². The molecule has 0 aliphatic carbocycles. The Kier molecular flexibility index (Phi) is 5.49. The van der Waals surface area contributed by atoms with Gasteiger partial charge in [0.15, 0.2) is 11.6 Å². The molecule has 0 aliphatic rings. The fraction of sp³-hybridized carbons (Fsp3) is 0.227. The van der Waals surface area contributed by atoms with Crippen LogP contribution in [0.1, 0.15) is 40.7 Å². The highest BCUT2D eigenvalue weighted by Gasteiger charge is 2.24. The number of rotatable bonds is 6. The lowest BCUT2D eigenvalue weighted by Gasteiger charge is -2.13. The molecule has 2 aromatic carbocycles. The van der Waals surface area contributed by atoms with Crippen LogP contribution in [0.5, 0.6) is 5.75 Å². The molecule has 0 saturated carbocycles. The zero-order valence-corrected chi connectivity index (χ0v) is 15.8. The van der Waals surface area contributed by atoms with Crippen LogP contribution in [0.4, 0.5) is 8.78 Å². The average molecular weight is 384 g/mol. The molecule has 3 aromatic rings. The average Bonchev–Trinajstić information content (AvgIpc) is 2.91. The maximum Gasteiger partial charge on any atom is 0.251 e. The molecule has 1 heterocycles. The molecule has 0 atom stereocenters. The maximum atomic E-state index is 13.7. The van der Waals surface area contributed by atoms with Gasteiger partial charge in [0.25, 0.3) is 5.91 Å². The van der Waals surface area contributed by atoms with Gasteiger partial charge < -0.3 is 15.4 Å². The van der Waals surface area contributed by atoms with Crippen molar-refractivity contribution < 1.29 is 18.7 Å². The Hall–Kier alpha value is -3.15. The number of aromatic hydroxyl groups is 1. The van der Waals surface area contributed by atoms with Crippen LogP contribution in [0.25, 0.3) is 11.1 Å². The van der Waals surface area contributed by atoms with Crippen LogP contribution >= 0.6 is 0 Å². The zero-order valence-electron chi connectivity index (χ0n) is 15.8. The Morgan fingerprint density at radius 2 is 1.89 bits per heavy atom. The molecule has 6 heteroatoms. The number of amides is 1. The summed E-state index contributed by atoms with van der Waals surface area (Å²) in [5.74, 6) is -2.30. The van der Waals surface area contributed by atoms with Gasteiger partial charge in [-0.3, -0.25) is 4.79 Å². The molecule has 0 radical (unpaired) electrons. The largest absolute Gasteiger partial charge is 0.508 e. The van der Waals surface area contributed by atoms with Crippen molar-refractivity contribution in [1.82, 2.24) is 4.57 Å². The molecule has 0 bridgehead atoms. The molecule has 0 aliphatic heterocycles. The van der Waals surface area contributed by atoms with Gasteiger partial charge in [-0.2, -0.15) is 0 Å². The SMILES string of the molecule is CCCc1c(-c2cccc(O)c2)c(C(N)=O)c(C)n1Cc1ccc(F)c(F)c1. The lowest BCUT2D eigenvalue weighted by Crippen LogP contribution is -2.13. The molecular weight excluding hydrogens is 362 g/mol. The van der Waals surface area contributed by atoms with E-state index in [0.29, 0.717) is 34.4 Å². The van der Waals surface area contributed by atoms with Crippen LogP contribution in [0.2, 0.25) is 0 Å². The Bertz CT molecular complexity index is 1040. The Labute approximate surface area is 162 Å². The van der Waals surface area contributed by atoms with E-state index >= 15 is 0 Å². The summed E-state index contributed by atoms with van der Waals surface area (Å²) < 4.78 is 28.9. The van der Waals surface area contributed by atoms with E-state index in [1.54, 1.807) is 25.1 Å². The summed E-state index contributed by atoms with van der Waals surface area (Å²) in [5, 5.41) is 9.89. The van der Waals surface area contributed by atoms with Crippen LogP contribution < -0.4 is 5.73 Å². The van der Waals surface area contributed by atoms with E-state index in [-0.39, 0.29) is 12.3 Å². The number of carbonyl (C=O) groups excluding carboxylic acids is 1. The van der Waals surface area contributed by atoms with Gasteiger partial charge >= 0.3 is 0 Å². The smallest absolute Gasteiger partial charge is 0.251 e. The van der Waals surface area contributed by atoms with Gasteiger partial charge in [0.05, 0.1) is 5.56 Å². The maximum absolute atomic E-state index is 13.7. The number of halogens is 2. The highest BCUT2D eigenvalue weighted by molar-refractivity contribution is 6.02.